The van der Waals surface area contributed by atoms with Crippen LogP contribution in [0.2, 0.25) is 0 Å². The lowest BCUT2D eigenvalue weighted by Crippen LogP contribution is -1.98. The second-order valence-electron chi connectivity index (χ2n) is 2.78. The van der Waals surface area contributed by atoms with E-state index in [0.29, 0.717) is 5.17 Å². The molecule has 0 fully saturated rings. The molecule has 1 rings (SSSR count). The smallest absolute Gasteiger partial charge is 0.131 e. The molecule has 0 heterocycles. The average molecular weight is 182 g/mol. The van der Waals surface area contributed by atoms with Crippen LogP contribution in [0.4, 0.5) is 0 Å². The van der Waals surface area contributed by atoms with Crippen LogP contribution in [0.5, 0.6) is 0 Å². The first-order valence-electron chi connectivity index (χ1n) is 3.85. The van der Waals surface area contributed by atoms with Gasteiger partial charge in [-0.25, -0.2) is 0 Å². The minimum absolute atomic E-state index is 0.589. The van der Waals surface area contributed by atoms with Crippen LogP contribution in [0, 0.1) is 13.8 Å². The summed E-state index contributed by atoms with van der Waals surface area (Å²) in [5.74, 6) is 0. The fourth-order valence-electron chi connectivity index (χ4n) is 1.25. The zero-order valence-electron chi connectivity index (χ0n) is 7.56. The van der Waals surface area contributed by atoms with Gasteiger partial charge in [-0.15, -0.1) is 0 Å². The third-order valence-electron chi connectivity index (χ3n) is 1.88. The van der Waals surface area contributed by atoms with Gasteiger partial charge in [-0.3, -0.25) is 4.99 Å². The molecule has 0 spiro atoms. The molecule has 1 aromatic carbocycles. The Morgan fingerprint density at radius 1 is 1.25 bits per heavy atom. The molecule has 0 amide bonds. The number of nitrogens with zero attached hydrogens (tertiary/aromatic N) is 1. The van der Waals surface area contributed by atoms with Crippen LogP contribution in [0.15, 0.2) is 23.2 Å². The van der Waals surface area contributed by atoms with E-state index >= 15 is 0 Å². The Kier molecular flexibility index (Phi) is 2.88. The lowest BCUT2D eigenvalue weighted by Gasteiger charge is -2.06. The van der Waals surface area contributed by atoms with Gasteiger partial charge in [-0.2, -0.15) is 0 Å². The molecular weight excluding hydrogens is 170 g/mol. The Morgan fingerprint density at radius 3 is 2.17 bits per heavy atom. The third-order valence-corrected chi connectivity index (χ3v) is 2.24. The predicted octanol–water partition coefficient (Wildman–Crippen LogP) is 2.92. The van der Waals surface area contributed by atoms with Gasteiger partial charge < -0.3 is 0 Å². The maximum Gasteiger partial charge on any atom is 0.131 e. The van der Waals surface area contributed by atoms with Gasteiger partial charge in [-0.05, 0) is 25.0 Å². The zero-order chi connectivity index (χ0) is 9.14. The van der Waals surface area contributed by atoms with E-state index in [-0.39, 0.29) is 0 Å². The fourth-order valence-corrected chi connectivity index (χ4v) is 1.55. The van der Waals surface area contributed by atoms with Crippen molar-refractivity contribution in [2.24, 2.45) is 4.99 Å². The molecule has 0 aliphatic heterocycles. The molecule has 0 radical (unpaired) electrons. The Balaban J connectivity index is 3.31. The van der Waals surface area contributed by atoms with Crippen LogP contribution in [-0.2, 0) is 0 Å². The van der Waals surface area contributed by atoms with Gasteiger partial charge in [-0.1, -0.05) is 29.8 Å². The molecule has 0 aliphatic rings. The summed E-state index contributed by atoms with van der Waals surface area (Å²) in [5.41, 5.74) is 3.40. The predicted molar refractivity (Wildman–Crippen MR) is 54.2 cm³/mol. The van der Waals surface area contributed by atoms with Crippen LogP contribution in [-0.4, -0.2) is 12.2 Å². The minimum Gasteiger partial charge on any atom is -0.276 e. The number of hydrogen-bond donors (Lipinski definition) is 0. The Hall–Kier alpha value is -0.820. The van der Waals surface area contributed by atoms with Crippen LogP contribution in [0.25, 0.3) is 0 Å². The standard InChI is InChI=1S/C10H12ClN/c1-7-5-4-6-8(2)9(7)10(11)12-3/h4-6H,1-3H3/b12-10-. The maximum absolute atomic E-state index is 5.95. The molecule has 1 nitrogen and oxygen atoms in total. The highest BCUT2D eigenvalue weighted by Gasteiger charge is 2.05. The number of rotatable bonds is 1. The number of benzene rings is 1. The lowest BCUT2D eigenvalue weighted by molar-refractivity contribution is 1.34. The van der Waals surface area contributed by atoms with Gasteiger partial charge in [0.1, 0.15) is 5.17 Å². The first-order valence-corrected chi connectivity index (χ1v) is 4.23. The molecule has 12 heavy (non-hydrogen) atoms. The normalized spacial score (nSPS) is 11.8. The van der Waals surface area contributed by atoms with Gasteiger partial charge in [0.25, 0.3) is 0 Å². The monoisotopic (exact) mass is 181 g/mol. The second-order valence-corrected chi connectivity index (χ2v) is 3.14. The van der Waals surface area contributed by atoms with Crippen LogP contribution >= 0.6 is 11.6 Å². The van der Waals surface area contributed by atoms with Crippen molar-refractivity contribution in [3.8, 4) is 0 Å². The summed E-state index contributed by atoms with van der Waals surface area (Å²) in [4.78, 5) is 3.96. The van der Waals surface area contributed by atoms with E-state index in [1.807, 2.05) is 32.0 Å². The van der Waals surface area contributed by atoms with Crippen LogP contribution in [0.1, 0.15) is 16.7 Å². The molecule has 0 bridgehead atoms. The highest BCUT2D eigenvalue weighted by Crippen LogP contribution is 2.15. The molecule has 64 valence electrons. The SMILES string of the molecule is C/N=C(\Cl)c1c(C)cccc1C. The molecule has 0 aromatic heterocycles. The number of aliphatic imine (C=N–C) groups is 1. The highest BCUT2D eigenvalue weighted by molar-refractivity contribution is 6.69. The maximum atomic E-state index is 5.95. The number of hydrogen-bond acceptors (Lipinski definition) is 1. The molecular formula is C10H12ClN. The van der Waals surface area contributed by atoms with Crippen molar-refractivity contribution in [1.29, 1.82) is 0 Å². The van der Waals surface area contributed by atoms with Gasteiger partial charge in [0, 0.05) is 12.6 Å². The van der Waals surface area contributed by atoms with E-state index in [9.17, 15) is 0 Å². The topological polar surface area (TPSA) is 12.4 Å². The molecule has 0 atom stereocenters. The first-order chi connectivity index (χ1) is 5.66. The number of halogens is 1. The van der Waals surface area contributed by atoms with Gasteiger partial charge >= 0.3 is 0 Å². The Labute approximate surface area is 78.1 Å². The molecule has 0 aliphatic carbocycles. The molecule has 0 saturated heterocycles. The summed E-state index contributed by atoms with van der Waals surface area (Å²) in [6, 6.07) is 6.10. The first kappa shape index (κ1) is 9.27. The van der Waals surface area contributed by atoms with Gasteiger partial charge in [0.2, 0.25) is 0 Å². The van der Waals surface area contributed by atoms with Crippen molar-refractivity contribution in [3.05, 3.63) is 34.9 Å². The Morgan fingerprint density at radius 2 is 1.75 bits per heavy atom. The van der Waals surface area contributed by atoms with E-state index in [1.165, 1.54) is 11.1 Å². The van der Waals surface area contributed by atoms with Crippen molar-refractivity contribution in [2.45, 2.75) is 13.8 Å². The minimum atomic E-state index is 0.589. The summed E-state index contributed by atoms with van der Waals surface area (Å²) in [7, 11) is 1.70. The molecule has 1 aromatic rings. The van der Waals surface area contributed by atoms with E-state index in [1.54, 1.807) is 7.05 Å². The summed E-state index contributed by atoms with van der Waals surface area (Å²) >= 11 is 5.95. The van der Waals surface area contributed by atoms with Crippen molar-refractivity contribution in [3.63, 3.8) is 0 Å². The lowest BCUT2D eigenvalue weighted by atomic mass is 10.0. The summed E-state index contributed by atoms with van der Waals surface area (Å²) in [6.45, 7) is 4.08. The van der Waals surface area contributed by atoms with Crippen molar-refractivity contribution in [2.75, 3.05) is 7.05 Å². The van der Waals surface area contributed by atoms with Gasteiger partial charge in [0.15, 0.2) is 0 Å². The quantitative estimate of drug-likeness (QED) is 0.591. The summed E-state index contributed by atoms with van der Waals surface area (Å²) in [6.07, 6.45) is 0. The van der Waals surface area contributed by atoms with Crippen LogP contribution in [0.3, 0.4) is 0 Å². The highest BCUT2D eigenvalue weighted by atomic mass is 35.5. The fraction of sp³-hybridized carbons (Fsp3) is 0.300. The van der Waals surface area contributed by atoms with E-state index < -0.39 is 0 Å². The second kappa shape index (κ2) is 3.72. The van der Waals surface area contributed by atoms with E-state index in [0.717, 1.165) is 5.56 Å². The summed E-state index contributed by atoms with van der Waals surface area (Å²) < 4.78 is 0. The molecule has 2 heteroatoms. The molecule has 0 saturated carbocycles. The number of aryl methyl sites for hydroxylation is 2. The van der Waals surface area contributed by atoms with Crippen molar-refractivity contribution in [1.82, 2.24) is 0 Å². The third kappa shape index (κ3) is 1.67. The van der Waals surface area contributed by atoms with Gasteiger partial charge in [0.05, 0.1) is 0 Å². The van der Waals surface area contributed by atoms with Crippen molar-refractivity contribution >= 4 is 16.8 Å². The van der Waals surface area contributed by atoms with Crippen molar-refractivity contribution < 1.29 is 0 Å². The zero-order valence-corrected chi connectivity index (χ0v) is 8.31. The van der Waals surface area contributed by atoms with E-state index in [4.69, 9.17) is 11.6 Å². The van der Waals surface area contributed by atoms with E-state index in [2.05, 4.69) is 4.99 Å². The summed E-state index contributed by atoms with van der Waals surface area (Å²) in [5, 5.41) is 0.589. The largest absolute Gasteiger partial charge is 0.276 e. The average Bonchev–Trinajstić information content (AvgIpc) is 2.03. The Bertz CT molecular complexity index is 295. The molecule has 0 N–H and O–H groups in total. The van der Waals surface area contributed by atoms with Crippen LogP contribution < -0.4 is 0 Å². The molecule has 0 unspecified atom stereocenters.